The molecule has 0 aliphatic heterocycles. The summed E-state index contributed by atoms with van der Waals surface area (Å²) in [5.41, 5.74) is 2.95. The molecule has 0 spiro atoms. The first-order valence-electron chi connectivity index (χ1n) is 6.16. The Morgan fingerprint density at radius 1 is 1.16 bits per heavy atom. The summed E-state index contributed by atoms with van der Waals surface area (Å²) in [6, 6.07) is 11.3. The van der Waals surface area contributed by atoms with Crippen LogP contribution in [0.4, 0.5) is 4.39 Å². The molecule has 1 atom stereocenters. The molecule has 1 nitrogen and oxygen atoms in total. The van der Waals surface area contributed by atoms with Gasteiger partial charge in [-0.25, -0.2) is 4.39 Å². The van der Waals surface area contributed by atoms with Crippen LogP contribution in [-0.4, -0.2) is 5.11 Å². The average Bonchev–Trinajstić information content (AvgIpc) is 2.35. The van der Waals surface area contributed by atoms with E-state index in [0.717, 1.165) is 15.6 Å². The van der Waals surface area contributed by atoms with Crippen molar-refractivity contribution in [3.63, 3.8) is 0 Å². The Hall–Kier alpha value is -1.19. The van der Waals surface area contributed by atoms with Gasteiger partial charge in [0, 0.05) is 10.9 Å². The normalized spacial score (nSPS) is 12.5. The third-order valence-corrected chi connectivity index (χ3v) is 3.65. The minimum absolute atomic E-state index is 0.196. The van der Waals surface area contributed by atoms with Crippen LogP contribution in [0.3, 0.4) is 0 Å². The molecule has 2 aromatic carbocycles. The van der Waals surface area contributed by atoms with Gasteiger partial charge < -0.3 is 5.11 Å². The number of benzene rings is 2. The second-order valence-electron chi connectivity index (χ2n) is 4.82. The van der Waals surface area contributed by atoms with Gasteiger partial charge in [-0.2, -0.15) is 0 Å². The Morgan fingerprint density at radius 2 is 1.79 bits per heavy atom. The van der Waals surface area contributed by atoms with E-state index in [2.05, 4.69) is 15.9 Å². The van der Waals surface area contributed by atoms with Crippen molar-refractivity contribution in [2.24, 2.45) is 0 Å². The number of halogens is 2. The maximum Gasteiger partial charge on any atom is 0.129 e. The largest absolute Gasteiger partial charge is 0.388 e. The highest BCUT2D eigenvalue weighted by atomic mass is 79.9. The first-order valence-corrected chi connectivity index (χ1v) is 6.96. The standard InChI is InChI=1S/C16H16BrFO/c1-10-6-13(7-11(2)16(10)18)15(19)9-12-4-3-5-14(17)8-12/h3-8,15,19H,9H2,1-2H3. The fraction of sp³-hybridized carbons (Fsp3) is 0.250. The summed E-state index contributed by atoms with van der Waals surface area (Å²) in [5, 5.41) is 10.3. The SMILES string of the molecule is Cc1cc(C(O)Cc2cccc(Br)c2)cc(C)c1F. The lowest BCUT2D eigenvalue weighted by molar-refractivity contribution is 0.178. The van der Waals surface area contributed by atoms with Crippen molar-refractivity contribution in [1.29, 1.82) is 0 Å². The van der Waals surface area contributed by atoms with Crippen LogP contribution in [0.1, 0.15) is 28.4 Å². The lowest BCUT2D eigenvalue weighted by Crippen LogP contribution is -2.04. The monoisotopic (exact) mass is 322 g/mol. The van der Waals surface area contributed by atoms with E-state index in [0.29, 0.717) is 17.5 Å². The Labute approximate surface area is 121 Å². The van der Waals surface area contributed by atoms with Crippen molar-refractivity contribution in [3.8, 4) is 0 Å². The van der Waals surface area contributed by atoms with E-state index in [1.54, 1.807) is 26.0 Å². The maximum atomic E-state index is 13.6. The maximum absolute atomic E-state index is 13.6. The molecule has 0 aromatic heterocycles. The number of aliphatic hydroxyl groups is 1. The number of aliphatic hydroxyl groups excluding tert-OH is 1. The van der Waals surface area contributed by atoms with Gasteiger partial charge in [0.25, 0.3) is 0 Å². The molecule has 0 amide bonds. The topological polar surface area (TPSA) is 20.2 Å². The second-order valence-corrected chi connectivity index (χ2v) is 5.73. The second kappa shape index (κ2) is 5.85. The number of aryl methyl sites for hydroxylation is 2. The molecular weight excluding hydrogens is 307 g/mol. The number of hydrogen-bond donors (Lipinski definition) is 1. The van der Waals surface area contributed by atoms with Gasteiger partial charge in [0.1, 0.15) is 5.82 Å². The fourth-order valence-corrected chi connectivity index (χ4v) is 2.62. The van der Waals surface area contributed by atoms with Crippen LogP contribution in [-0.2, 0) is 6.42 Å². The molecule has 3 heteroatoms. The molecule has 1 unspecified atom stereocenters. The third kappa shape index (κ3) is 3.43. The van der Waals surface area contributed by atoms with Gasteiger partial charge in [-0.3, -0.25) is 0 Å². The molecule has 2 aromatic rings. The van der Waals surface area contributed by atoms with Crippen molar-refractivity contribution >= 4 is 15.9 Å². The quantitative estimate of drug-likeness (QED) is 0.883. The van der Waals surface area contributed by atoms with Crippen molar-refractivity contribution in [2.45, 2.75) is 26.4 Å². The summed E-state index contributed by atoms with van der Waals surface area (Å²) in [4.78, 5) is 0. The molecule has 0 bridgehead atoms. The van der Waals surface area contributed by atoms with Crippen LogP contribution >= 0.6 is 15.9 Å². The molecular formula is C16H16BrFO. The van der Waals surface area contributed by atoms with Crippen LogP contribution < -0.4 is 0 Å². The van der Waals surface area contributed by atoms with E-state index in [4.69, 9.17) is 0 Å². The highest BCUT2D eigenvalue weighted by molar-refractivity contribution is 9.10. The predicted octanol–water partition coefficient (Wildman–Crippen LogP) is 4.48. The minimum Gasteiger partial charge on any atom is -0.388 e. The molecule has 0 fully saturated rings. The summed E-state index contributed by atoms with van der Waals surface area (Å²) in [7, 11) is 0. The molecule has 0 heterocycles. The molecule has 0 saturated heterocycles. The summed E-state index contributed by atoms with van der Waals surface area (Å²) >= 11 is 3.41. The molecule has 0 saturated carbocycles. The van der Waals surface area contributed by atoms with Gasteiger partial charge in [-0.15, -0.1) is 0 Å². The van der Waals surface area contributed by atoms with Crippen molar-refractivity contribution in [2.75, 3.05) is 0 Å². The van der Waals surface area contributed by atoms with E-state index in [1.807, 2.05) is 24.3 Å². The van der Waals surface area contributed by atoms with Crippen LogP contribution in [0.25, 0.3) is 0 Å². The molecule has 0 radical (unpaired) electrons. The van der Waals surface area contributed by atoms with Crippen molar-refractivity contribution in [1.82, 2.24) is 0 Å². The third-order valence-electron chi connectivity index (χ3n) is 3.16. The first kappa shape index (κ1) is 14.2. The Morgan fingerprint density at radius 3 is 2.37 bits per heavy atom. The summed E-state index contributed by atoms with van der Waals surface area (Å²) in [6.45, 7) is 3.44. The van der Waals surface area contributed by atoms with E-state index in [1.165, 1.54) is 0 Å². The highest BCUT2D eigenvalue weighted by Gasteiger charge is 2.12. The lowest BCUT2D eigenvalue weighted by Gasteiger charge is -2.14. The number of hydrogen-bond acceptors (Lipinski definition) is 1. The van der Waals surface area contributed by atoms with Gasteiger partial charge in [0.15, 0.2) is 0 Å². The Balaban J connectivity index is 2.23. The zero-order valence-electron chi connectivity index (χ0n) is 11.0. The smallest absolute Gasteiger partial charge is 0.129 e. The van der Waals surface area contributed by atoms with Crippen LogP contribution in [0.5, 0.6) is 0 Å². The van der Waals surface area contributed by atoms with E-state index in [-0.39, 0.29) is 5.82 Å². The van der Waals surface area contributed by atoms with E-state index < -0.39 is 6.10 Å². The zero-order chi connectivity index (χ0) is 14.0. The first-order chi connectivity index (χ1) is 8.97. The average molecular weight is 323 g/mol. The summed E-state index contributed by atoms with van der Waals surface area (Å²) in [6.07, 6.45) is -0.100. The summed E-state index contributed by atoms with van der Waals surface area (Å²) in [5.74, 6) is -0.196. The van der Waals surface area contributed by atoms with Gasteiger partial charge in [0.2, 0.25) is 0 Å². The number of rotatable bonds is 3. The van der Waals surface area contributed by atoms with Gasteiger partial charge in [-0.05, 0) is 48.2 Å². The minimum atomic E-state index is -0.618. The Bertz CT molecular complexity index is 572. The Kier molecular flexibility index (Phi) is 4.38. The fourth-order valence-electron chi connectivity index (χ4n) is 2.18. The molecule has 0 aliphatic rings. The molecule has 1 N–H and O–H groups in total. The van der Waals surface area contributed by atoms with Gasteiger partial charge in [-0.1, -0.05) is 40.2 Å². The molecule has 19 heavy (non-hydrogen) atoms. The van der Waals surface area contributed by atoms with Crippen molar-refractivity contribution in [3.05, 3.63) is 68.9 Å². The molecule has 0 aliphatic carbocycles. The zero-order valence-corrected chi connectivity index (χ0v) is 12.5. The van der Waals surface area contributed by atoms with Crippen LogP contribution in [0.15, 0.2) is 40.9 Å². The van der Waals surface area contributed by atoms with Crippen molar-refractivity contribution < 1.29 is 9.50 Å². The molecule has 2 rings (SSSR count). The highest BCUT2D eigenvalue weighted by Crippen LogP contribution is 2.24. The predicted molar refractivity (Wildman–Crippen MR) is 78.7 cm³/mol. The van der Waals surface area contributed by atoms with Gasteiger partial charge in [0.05, 0.1) is 6.10 Å². The molecule has 100 valence electrons. The van der Waals surface area contributed by atoms with E-state index in [9.17, 15) is 9.50 Å². The van der Waals surface area contributed by atoms with Gasteiger partial charge >= 0.3 is 0 Å². The lowest BCUT2D eigenvalue weighted by atomic mass is 9.98. The van der Waals surface area contributed by atoms with E-state index >= 15 is 0 Å². The summed E-state index contributed by atoms with van der Waals surface area (Å²) < 4.78 is 14.6. The van der Waals surface area contributed by atoms with Crippen LogP contribution in [0, 0.1) is 19.7 Å². The van der Waals surface area contributed by atoms with Crippen LogP contribution in [0.2, 0.25) is 0 Å².